The number of nitrogens with zero attached hydrogens (tertiary/aromatic N) is 2. The van der Waals surface area contributed by atoms with Crippen molar-refractivity contribution >= 4 is 28.2 Å². The number of aromatic nitrogens is 1. The van der Waals surface area contributed by atoms with Crippen molar-refractivity contribution < 1.29 is 4.74 Å². The Hall–Kier alpha value is -1.48. The van der Waals surface area contributed by atoms with Gasteiger partial charge in [-0.15, -0.1) is 11.6 Å². The summed E-state index contributed by atoms with van der Waals surface area (Å²) in [5.41, 5.74) is 0. The third-order valence-corrected chi connectivity index (χ3v) is 3.46. The van der Waals surface area contributed by atoms with Gasteiger partial charge in [0.1, 0.15) is 11.6 Å². The molecule has 0 atom stereocenters. The van der Waals surface area contributed by atoms with Crippen LogP contribution in [0.5, 0.6) is 5.75 Å². The molecule has 0 radical (unpaired) electrons. The molecule has 0 bridgehead atoms. The number of fused-ring (bicyclic) bond motifs is 1. The van der Waals surface area contributed by atoms with Gasteiger partial charge in [0.2, 0.25) is 0 Å². The summed E-state index contributed by atoms with van der Waals surface area (Å²) in [4.78, 5) is 6.79. The van der Waals surface area contributed by atoms with Crippen molar-refractivity contribution in [3.05, 3.63) is 30.5 Å². The van der Waals surface area contributed by atoms with Gasteiger partial charge in [-0.25, -0.2) is 4.98 Å². The molecule has 0 aliphatic rings. The maximum atomic E-state index is 5.79. The normalized spacial score (nSPS) is 10.7. The molecule has 3 nitrogen and oxygen atoms in total. The molecular formula is C15H19ClN2O. The lowest BCUT2D eigenvalue weighted by Gasteiger charge is -2.23. The third-order valence-electron chi connectivity index (χ3n) is 3.20. The molecule has 0 fully saturated rings. The zero-order valence-electron chi connectivity index (χ0n) is 11.4. The number of anilines is 1. The summed E-state index contributed by atoms with van der Waals surface area (Å²) in [6, 6.07) is 8.10. The fourth-order valence-electron chi connectivity index (χ4n) is 2.18. The lowest BCUT2D eigenvalue weighted by molar-refractivity contribution is 0.415. The monoisotopic (exact) mass is 278 g/mol. The van der Waals surface area contributed by atoms with Crippen molar-refractivity contribution in [2.45, 2.75) is 13.3 Å². The van der Waals surface area contributed by atoms with Gasteiger partial charge < -0.3 is 9.64 Å². The number of pyridine rings is 1. The van der Waals surface area contributed by atoms with Crippen LogP contribution in [0.25, 0.3) is 10.8 Å². The van der Waals surface area contributed by atoms with Crippen LogP contribution < -0.4 is 9.64 Å². The minimum absolute atomic E-state index is 0.671. The Kier molecular flexibility index (Phi) is 4.86. The molecular weight excluding hydrogens is 260 g/mol. The van der Waals surface area contributed by atoms with Gasteiger partial charge in [0.25, 0.3) is 0 Å². The molecule has 0 amide bonds. The first-order valence-corrected chi connectivity index (χ1v) is 7.07. The zero-order chi connectivity index (χ0) is 13.7. The van der Waals surface area contributed by atoms with Gasteiger partial charge in [-0.1, -0.05) is 6.07 Å². The van der Waals surface area contributed by atoms with Crippen molar-refractivity contribution in [2.75, 3.05) is 31.0 Å². The first-order chi connectivity index (χ1) is 9.30. The average molecular weight is 279 g/mol. The number of rotatable bonds is 6. The summed E-state index contributed by atoms with van der Waals surface area (Å²) in [6.45, 7) is 3.97. The van der Waals surface area contributed by atoms with E-state index in [0.717, 1.165) is 36.5 Å². The Morgan fingerprint density at radius 2 is 2.16 bits per heavy atom. The van der Waals surface area contributed by atoms with Crippen LogP contribution in [0.2, 0.25) is 0 Å². The number of ether oxygens (including phenoxy) is 1. The fourth-order valence-corrected chi connectivity index (χ4v) is 2.29. The predicted molar refractivity (Wildman–Crippen MR) is 81.5 cm³/mol. The van der Waals surface area contributed by atoms with Crippen molar-refractivity contribution in [2.24, 2.45) is 0 Å². The molecule has 102 valence electrons. The molecule has 2 aromatic rings. The number of hydrogen-bond acceptors (Lipinski definition) is 3. The maximum Gasteiger partial charge on any atom is 0.136 e. The average Bonchev–Trinajstić information content (AvgIpc) is 2.47. The Balaban J connectivity index is 2.45. The molecule has 2 rings (SSSR count). The Morgan fingerprint density at radius 1 is 1.32 bits per heavy atom. The summed E-state index contributed by atoms with van der Waals surface area (Å²) in [5.74, 6) is 2.53. The fraction of sp³-hybridized carbons (Fsp3) is 0.400. The highest BCUT2D eigenvalue weighted by atomic mass is 35.5. The largest absolute Gasteiger partial charge is 0.497 e. The van der Waals surface area contributed by atoms with Crippen molar-refractivity contribution in [1.82, 2.24) is 4.98 Å². The van der Waals surface area contributed by atoms with Gasteiger partial charge in [0.05, 0.1) is 7.11 Å². The third kappa shape index (κ3) is 3.10. The SMILES string of the molecule is CCN(CCCCl)c1nccc2ccc(OC)cc12. The van der Waals surface area contributed by atoms with E-state index in [1.54, 1.807) is 7.11 Å². The number of halogens is 1. The van der Waals surface area contributed by atoms with E-state index in [2.05, 4.69) is 22.9 Å². The predicted octanol–water partition coefficient (Wildman–Crippen LogP) is 3.70. The number of methoxy groups -OCH3 is 1. The highest BCUT2D eigenvalue weighted by Crippen LogP contribution is 2.28. The quantitative estimate of drug-likeness (QED) is 0.754. The summed E-state index contributed by atoms with van der Waals surface area (Å²) in [7, 11) is 1.68. The van der Waals surface area contributed by atoms with Crippen LogP contribution >= 0.6 is 11.6 Å². The van der Waals surface area contributed by atoms with Gasteiger partial charge in [-0.2, -0.15) is 0 Å². The summed E-state index contributed by atoms with van der Waals surface area (Å²) < 4.78 is 5.30. The summed E-state index contributed by atoms with van der Waals surface area (Å²) >= 11 is 5.79. The second-order valence-electron chi connectivity index (χ2n) is 4.34. The molecule has 0 aliphatic carbocycles. The first kappa shape index (κ1) is 13.9. The van der Waals surface area contributed by atoms with Crippen molar-refractivity contribution in [1.29, 1.82) is 0 Å². The molecule has 1 aromatic heterocycles. The van der Waals surface area contributed by atoms with Crippen LogP contribution in [0.3, 0.4) is 0 Å². The highest BCUT2D eigenvalue weighted by Gasteiger charge is 2.10. The van der Waals surface area contributed by atoms with E-state index >= 15 is 0 Å². The molecule has 0 saturated carbocycles. The molecule has 1 aromatic carbocycles. The molecule has 0 saturated heterocycles. The van der Waals surface area contributed by atoms with Crippen LogP contribution in [0.1, 0.15) is 13.3 Å². The van der Waals surface area contributed by atoms with Gasteiger partial charge in [0.15, 0.2) is 0 Å². The number of hydrogen-bond donors (Lipinski definition) is 0. The molecule has 0 unspecified atom stereocenters. The Bertz CT molecular complexity index is 545. The molecule has 19 heavy (non-hydrogen) atoms. The molecule has 4 heteroatoms. The number of alkyl halides is 1. The summed E-state index contributed by atoms with van der Waals surface area (Å²) in [5, 5.41) is 2.30. The van der Waals surface area contributed by atoms with Crippen LogP contribution in [0.4, 0.5) is 5.82 Å². The van der Waals surface area contributed by atoms with Gasteiger partial charge >= 0.3 is 0 Å². The zero-order valence-corrected chi connectivity index (χ0v) is 12.2. The number of benzene rings is 1. The Morgan fingerprint density at radius 3 is 2.84 bits per heavy atom. The van der Waals surface area contributed by atoms with E-state index in [9.17, 15) is 0 Å². The minimum atomic E-state index is 0.671. The lowest BCUT2D eigenvalue weighted by atomic mass is 10.1. The molecule has 0 aliphatic heterocycles. The van der Waals surface area contributed by atoms with Crippen LogP contribution in [0, 0.1) is 0 Å². The highest BCUT2D eigenvalue weighted by molar-refractivity contribution is 6.17. The first-order valence-electron chi connectivity index (χ1n) is 6.53. The van der Waals surface area contributed by atoms with Crippen LogP contribution in [0.15, 0.2) is 30.5 Å². The van der Waals surface area contributed by atoms with Gasteiger partial charge in [0, 0.05) is 30.6 Å². The second kappa shape index (κ2) is 6.62. The smallest absolute Gasteiger partial charge is 0.136 e. The van der Waals surface area contributed by atoms with E-state index in [0.29, 0.717) is 5.88 Å². The van der Waals surface area contributed by atoms with Crippen LogP contribution in [-0.4, -0.2) is 31.1 Å². The van der Waals surface area contributed by atoms with Crippen molar-refractivity contribution in [3.8, 4) is 5.75 Å². The van der Waals surface area contributed by atoms with Crippen LogP contribution in [-0.2, 0) is 0 Å². The second-order valence-corrected chi connectivity index (χ2v) is 4.72. The van der Waals surface area contributed by atoms with Gasteiger partial charge in [-0.3, -0.25) is 0 Å². The van der Waals surface area contributed by atoms with Crippen molar-refractivity contribution in [3.63, 3.8) is 0 Å². The standard InChI is InChI=1S/C15H19ClN2O/c1-3-18(10-4-8-16)15-14-11-13(19-2)6-5-12(14)7-9-17-15/h5-7,9,11H,3-4,8,10H2,1-2H3. The van der Waals surface area contributed by atoms with Gasteiger partial charge in [-0.05, 0) is 36.9 Å². The van der Waals surface area contributed by atoms with E-state index in [4.69, 9.17) is 16.3 Å². The minimum Gasteiger partial charge on any atom is -0.497 e. The molecule has 0 spiro atoms. The van der Waals surface area contributed by atoms with E-state index < -0.39 is 0 Å². The topological polar surface area (TPSA) is 25.4 Å². The summed E-state index contributed by atoms with van der Waals surface area (Å²) in [6.07, 6.45) is 2.81. The lowest BCUT2D eigenvalue weighted by Crippen LogP contribution is -2.25. The van der Waals surface area contributed by atoms with E-state index in [-0.39, 0.29) is 0 Å². The Labute approximate surface area is 119 Å². The molecule has 0 N–H and O–H groups in total. The molecule has 1 heterocycles. The van der Waals surface area contributed by atoms with E-state index in [1.165, 1.54) is 5.39 Å². The maximum absolute atomic E-state index is 5.79. The van der Waals surface area contributed by atoms with E-state index in [1.807, 2.05) is 24.4 Å².